The number of likely N-dealkylation sites (tertiary alicyclic amines) is 2. The molecule has 2 aliphatic rings. The van der Waals surface area contributed by atoms with E-state index in [1.807, 2.05) is 0 Å². The van der Waals surface area contributed by atoms with Crippen LogP contribution in [0.3, 0.4) is 0 Å². The van der Waals surface area contributed by atoms with Crippen molar-refractivity contribution in [2.45, 2.75) is 58.8 Å². The van der Waals surface area contributed by atoms with Crippen LogP contribution in [0.2, 0.25) is 0 Å². The average molecular weight is 404 g/mol. The van der Waals surface area contributed by atoms with Crippen LogP contribution in [0.4, 0.5) is 0 Å². The molecule has 0 radical (unpaired) electrons. The van der Waals surface area contributed by atoms with Gasteiger partial charge >= 0.3 is 0 Å². The lowest BCUT2D eigenvalue weighted by Crippen LogP contribution is -2.33. The lowest BCUT2D eigenvalue weighted by atomic mass is 9.96. The zero-order valence-corrected chi connectivity index (χ0v) is 17.9. The molecular formula is C20H35Cl2N3O. The maximum absolute atomic E-state index is 9.88. The Bertz CT molecular complexity index is 566. The summed E-state index contributed by atoms with van der Waals surface area (Å²) in [5.41, 5.74) is 11.5. The number of aliphatic hydroxyl groups excluding tert-OH is 1. The van der Waals surface area contributed by atoms with Crippen molar-refractivity contribution in [3.63, 3.8) is 0 Å². The highest BCUT2D eigenvalue weighted by molar-refractivity contribution is 5.85. The fourth-order valence-electron chi connectivity index (χ4n) is 4.01. The fourth-order valence-corrected chi connectivity index (χ4v) is 4.01. The Balaban J connectivity index is 0.00000169. The average Bonchev–Trinajstić information content (AvgIpc) is 2.84. The van der Waals surface area contributed by atoms with Crippen LogP contribution in [0.25, 0.3) is 0 Å². The number of nitrogens with two attached hydrogens (primary N) is 1. The van der Waals surface area contributed by atoms with Crippen molar-refractivity contribution >= 4 is 24.8 Å². The van der Waals surface area contributed by atoms with Crippen molar-refractivity contribution in [1.29, 1.82) is 0 Å². The number of aliphatic hydroxyl groups is 1. The molecule has 1 aromatic carbocycles. The Labute approximate surface area is 170 Å². The summed E-state index contributed by atoms with van der Waals surface area (Å²) >= 11 is 0. The van der Waals surface area contributed by atoms with E-state index in [0.29, 0.717) is 6.54 Å². The van der Waals surface area contributed by atoms with Gasteiger partial charge in [0.2, 0.25) is 0 Å². The number of benzene rings is 1. The maximum Gasteiger partial charge on any atom is 0.0830 e. The van der Waals surface area contributed by atoms with Gasteiger partial charge in [0, 0.05) is 32.2 Å². The van der Waals surface area contributed by atoms with E-state index in [-0.39, 0.29) is 37.0 Å². The first-order valence-electron chi connectivity index (χ1n) is 9.39. The Morgan fingerprint density at radius 2 is 1.50 bits per heavy atom. The van der Waals surface area contributed by atoms with Gasteiger partial charge in [0.25, 0.3) is 0 Å². The molecule has 2 atom stereocenters. The first-order valence-corrected chi connectivity index (χ1v) is 9.39. The number of halogens is 2. The third-order valence-corrected chi connectivity index (χ3v) is 5.87. The van der Waals surface area contributed by atoms with Gasteiger partial charge in [-0.25, -0.2) is 0 Å². The minimum absolute atomic E-state index is 0. The molecule has 2 fully saturated rings. The third-order valence-electron chi connectivity index (χ3n) is 5.87. The Morgan fingerprint density at radius 1 is 0.962 bits per heavy atom. The minimum Gasteiger partial charge on any atom is -0.390 e. The van der Waals surface area contributed by atoms with E-state index >= 15 is 0 Å². The molecule has 2 saturated heterocycles. The zero-order valence-electron chi connectivity index (χ0n) is 16.3. The first-order chi connectivity index (χ1) is 11.4. The second-order valence-corrected chi connectivity index (χ2v) is 8.09. The van der Waals surface area contributed by atoms with E-state index in [2.05, 4.69) is 42.7 Å². The standard InChI is InChI=1S/C20H33N3O.2ClH/c1-14-4-6-22(7-5-14)10-17-9-18(16(3)8-15(17)2)11-23-12-19(21)20(24)13-23;;/h8-9,14,19-20,24H,4-7,10-13,21H2,1-3H3;2*1H/t19-,20-;;/m1../s1. The number of β-amino-alcohol motifs (C(OH)–C–C–N with tert-alkyl or cyclic N) is 1. The number of hydrogen-bond acceptors (Lipinski definition) is 4. The van der Waals surface area contributed by atoms with Gasteiger partial charge < -0.3 is 10.8 Å². The van der Waals surface area contributed by atoms with E-state index in [0.717, 1.165) is 25.6 Å². The number of rotatable bonds is 4. The van der Waals surface area contributed by atoms with Gasteiger partial charge in [-0.2, -0.15) is 0 Å². The molecule has 0 saturated carbocycles. The lowest BCUT2D eigenvalue weighted by Gasteiger charge is -2.31. The van der Waals surface area contributed by atoms with E-state index < -0.39 is 0 Å². The second-order valence-electron chi connectivity index (χ2n) is 8.09. The van der Waals surface area contributed by atoms with Crippen LogP contribution >= 0.6 is 24.8 Å². The molecule has 0 spiro atoms. The third kappa shape index (κ3) is 5.82. The number of piperidine rings is 1. The van der Waals surface area contributed by atoms with Gasteiger partial charge in [-0.05, 0) is 68.0 Å². The summed E-state index contributed by atoms with van der Waals surface area (Å²) < 4.78 is 0. The molecule has 0 amide bonds. The van der Waals surface area contributed by atoms with Crippen LogP contribution in [0.5, 0.6) is 0 Å². The van der Waals surface area contributed by atoms with Crippen molar-refractivity contribution in [2.75, 3.05) is 26.2 Å². The maximum atomic E-state index is 9.88. The van der Waals surface area contributed by atoms with Crippen molar-refractivity contribution in [1.82, 2.24) is 9.80 Å². The number of nitrogens with zero attached hydrogens (tertiary/aromatic N) is 2. The quantitative estimate of drug-likeness (QED) is 0.811. The van der Waals surface area contributed by atoms with Crippen LogP contribution in [0, 0.1) is 19.8 Å². The SMILES string of the molecule is Cc1cc(C)c(CN2C[C@@H](N)[C@H](O)C2)cc1CN1CCC(C)CC1.Cl.Cl. The molecule has 0 aliphatic carbocycles. The van der Waals surface area contributed by atoms with Gasteiger partial charge in [-0.1, -0.05) is 19.1 Å². The molecule has 0 aromatic heterocycles. The van der Waals surface area contributed by atoms with Crippen molar-refractivity contribution in [3.05, 3.63) is 34.4 Å². The predicted molar refractivity (Wildman–Crippen MR) is 113 cm³/mol. The highest BCUT2D eigenvalue weighted by Crippen LogP contribution is 2.23. The molecule has 2 aliphatic heterocycles. The van der Waals surface area contributed by atoms with Gasteiger partial charge in [0.15, 0.2) is 0 Å². The summed E-state index contributed by atoms with van der Waals surface area (Å²) in [7, 11) is 0. The molecule has 6 heteroatoms. The van der Waals surface area contributed by atoms with E-state index in [1.54, 1.807) is 0 Å². The van der Waals surface area contributed by atoms with Crippen LogP contribution in [0.15, 0.2) is 12.1 Å². The summed E-state index contributed by atoms with van der Waals surface area (Å²) in [6.07, 6.45) is 2.26. The van der Waals surface area contributed by atoms with E-state index in [4.69, 9.17) is 5.73 Å². The Kier molecular flexibility index (Phi) is 9.34. The second kappa shape index (κ2) is 10.3. The van der Waals surface area contributed by atoms with Crippen LogP contribution in [0.1, 0.15) is 42.0 Å². The monoisotopic (exact) mass is 403 g/mol. The Morgan fingerprint density at radius 3 is 2.00 bits per heavy atom. The smallest absolute Gasteiger partial charge is 0.0830 e. The van der Waals surface area contributed by atoms with Gasteiger partial charge in [0.1, 0.15) is 0 Å². The van der Waals surface area contributed by atoms with Crippen LogP contribution < -0.4 is 5.73 Å². The summed E-state index contributed by atoms with van der Waals surface area (Å²) in [5, 5.41) is 9.88. The summed E-state index contributed by atoms with van der Waals surface area (Å²) in [6, 6.07) is 4.60. The molecular weight excluding hydrogens is 369 g/mol. The number of aryl methyl sites for hydroxylation is 2. The molecule has 1 aromatic rings. The number of hydrogen-bond donors (Lipinski definition) is 2. The van der Waals surface area contributed by atoms with Crippen molar-refractivity contribution < 1.29 is 5.11 Å². The molecule has 150 valence electrons. The molecule has 3 N–H and O–H groups in total. The normalized spacial score (nSPS) is 25.0. The molecule has 0 bridgehead atoms. The highest BCUT2D eigenvalue weighted by atomic mass is 35.5. The Hall–Kier alpha value is -0.360. The summed E-state index contributed by atoms with van der Waals surface area (Å²) in [6.45, 7) is 12.7. The predicted octanol–water partition coefficient (Wildman–Crippen LogP) is 2.88. The molecule has 4 nitrogen and oxygen atoms in total. The van der Waals surface area contributed by atoms with Gasteiger partial charge in [0.05, 0.1) is 6.10 Å². The first kappa shape index (κ1) is 23.7. The lowest BCUT2D eigenvalue weighted by molar-refractivity contribution is 0.164. The van der Waals surface area contributed by atoms with Crippen LogP contribution in [-0.4, -0.2) is 53.2 Å². The van der Waals surface area contributed by atoms with Crippen LogP contribution in [-0.2, 0) is 13.1 Å². The topological polar surface area (TPSA) is 52.7 Å². The molecule has 2 heterocycles. The largest absolute Gasteiger partial charge is 0.390 e. The molecule has 26 heavy (non-hydrogen) atoms. The van der Waals surface area contributed by atoms with Crippen molar-refractivity contribution in [2.24, 2.45) is 11.7 Å². The zero-order chi connectivity index (χ0) is 17.3. The molecule has 3 rings (SSSR count). The summed E-state index contributed by atoms with van der Waals surface area (Å²) in [5.74, 6) is 0.877. The van der Waals surface area contributed by atoms with E-state index in [1.165, 1.54) is 48.2 Å². The molecule has 0 unspecified atom stereocenters. The van der Waals surface area contributed by atoms with Gasteiger partial charge in [-0.3, -0.25) is 9.80 Å². The van der Waals surface area contributed by atoms with E-state index in [9.17, 15) is 5.11 Å². The van der Waals surface area contributed by atoms with Gasteiger partial charge in [-0.15, -0.1) is 24.8 Å². The van der Waals surface area contributed by atoms with Crippen molar-refractivity contribution in [3.8, 4) is 0 Å². The fraction of sp³-hybridized carbons (Fsp3) is 0.700. The highest BCUT2D eigenvalue weighted by Gasteiger charge is 2.28. The minimum atomic E-state index is -0.384. The summed E-state index contributed by atoms with van der Waals surface area (Å²) in [4.78, 5) is 4.87.